The Hall–Kier alpha value is 1.51. The normalized spacial score (nSPS) is 13.8. The van der Waals surface area contributed by atoms with Crippen LogP contribution in [0.15, 0.2) is 0 Å². The molecular formula is C23H47KO4S. The average molecular weight is 459 g/mol. The first-order valence-corrected chi connectivity index (χ1v) is 13.5. The number of rotatable bonds is 21. The summed E-state index contributed by atoms with van der Waals surface area (Å²) in [5.74, 6) is 0. The second-order valence-electron chi connectivity index (χ2n) is 8.52. The van der Waals surface area contributed by atoms with E-state index >= 15 is 0 Å². The first-order valence-electron chi connectivity index (χ1n) is 12.0. The third kappa shape index (κ3) is 22.5. The number of aliphatic hydroxyl groups is 1. The minimum Gasteiger partial charge on any atom is -0.748 e. The SMILES string of the molecule is CCCCCCCCCC(O)CCCC(CCCCCCCCC)S(=O)(=O)[O-].[K+]. The zero-order valence-electron chi connectivity index (χ0n) is 19.7. The third-order valence-electron chi connectivity index (χ3n) is 5.74. The summed E-state index contributed by atoms with van der Waals surface area (Å²) in [4.78, 5) is 0. The van der Waals surface area contributed by atoms with Crippen molar-refractivity contribution in [2.24, 2.45) is 0 Å². The molecule has 0 saturated carbocycles. The Labute approximate surface area is 224 Å². The second kappa shape index (κ2) is 22.7. The fourth-order valence-corrected chi connectivity index (χ4v) is 4.74. The standard InChI is InChI=1S/C23H48O4S.K/c1-3-5-7-9-11-13-15-18-22(24)19-17-21-23(28(25,26)27)20-16-14-12-10-8-6-4-2;/h22-24H,3-21H2,1-2H3,(H,25,26,27);/q;+1/p-1. The summed E-state index contributed by atoms with van der Waals surface area (Å²) in [7, 11) is -4.23. The molecule has 0 radical (unpaired) electrons. The van der Waals surface area contributed by atoms with Gasteiger partial charge in [0.15, 0.2) is 0 Å². The molecule has 0 aliphatic rings. The van der Waals surface area contributed by atoms with Gasteiger partial charge in [0.1, 0.15) is 0 Å². The Morgan fingerprint density at radius 1 is 0.621 bits per heavy atom. The van der Waals surface area contributed by atoms with Crippen LogP contribution in [0.4, 0.5) is 0 Å². The van der Waals surface area contributed by atoms with Crippen molar-refractivity contribution in [1.29, 1.82) is 0 Å². The molecule has 0 bridgehead atoms. The van der Waals surface area contributed by atoms with Crippen molar-refractivity contribution >= 4 is 10.1 Å². The maximum absolute atomic E-state index is 11.5. The number of unbranched alkanes of at least 4 members (excludes halogenated alkanes) is 12. The van der Waals surface area contributed by atoms with Crippen LogP contribution in [-0.4, -0.2) is 29.4 Å². The van der Waals surface area contributed by atoms with Crippen molar-refractivity contribution in [3.8, 4) is 0 Å². The number of aliphatic hydroxyl groups excluding tert-OH is 1. The molecule has 0 spiro atoms. The molecule has 2 atom stereocenters. The molecule has 0 fully saturated rings. The molecule has 0 aliphatic carbocycles. The van der Waals surface area contributed by atoms with Crippen molar-refractivity contribution in [3.05, 3.63) is 0 Å². The monoisotopic (exact) mass is 458 g/mol. The summed E-state index contributed by atoms with van der Waals surface area (Å²) >= 11 is 0. The molecule has 0 aromatic heterocycles. The van der Waals surface area contributed by atoms with Crippen LogP contribution in [0.5, 0.6) is 0 Å². The smallest absolute Gasteiger partial charge is 0.748 e. The Morgan fingerprint density at radius 3 is 1.41 bits per heavy atom. The van der Waals surface area contributed by atoms with Crippen LogP contribution < -0.4 is 51.4 Å². The Bertz CT molecular complexity index is 429. The summed E-state index contributed by atoms with van der Waals surface area (Å²) in [6, 6.07) is 0. The average Bonchev–Trinajstić information content (AvgIpc) is 2.64. The molecule has 170 valence electrons. The van der Waals surface area contributed by atoms with Gasteiger partial charge in [0.05, 0.1) is 16.2 Å². The fraction of sp³-hybridized carbons (Fsp3) is 1.00. The topological polar surface area (TPSA) is 77.4 Å². The van der Waals surface area contributed by atoms with Crippen LogP contribution in [0.25, 0.3) is 0 Å². The summed E-state index contributed by atoms with van der Waals surface area (Å²) in [6.45, 7) is 4.41. The molecule has 6 heteroatoms. The van der Waals surface area contributed by atoms with Gasteiger partial charge in [-0.3, -0.25) is 0 Å². The van der Waals surface area contributed by atoms with E-state index in [-0.39, 0.29) is 57.5 Å². The van der Waals surface area contributed by atoms with Gasteiger partial charge in [-0.2, -0.15) is 0 Å². The summed E-state index contributed by atoms with van der Waals surface area (Å²) < 4.78 is 34.5. The van der Waals surface area contributed by atoms with Gasteiger partial charge >= 0.3 is 51.4 Å². The van der Waals surface area contributed by atoms with Gasteiger partial charge < -0.3 is 9.66 Å². The molecule has 4 nitrogen and oxygen atoms in total. The molecule has 29 heavy (non-hydrogen) atoms. The Morgan fingerprint density at radius 2 is 0.966 bits per heavy atom. The number of hydrogen-bond donors (Lipinski definition) is 1. The van der Waals surface area contributed by atoms with Crippen molar-refractivity contribution in [1.82, 2.24) is 0 Å². The largest absolute Gasteiger partial charge is 1.00 e. The molecule has 1 N–H and O–H groups in total. The maximum Gasteiger partial charge on any atom is 1.00 e. The van der Waals surface area contributed by atoms with Crippen LogP contribution in [0, 0.1) is 0 Å². The fourth-order valence-electron chi connectivity index (χ4n) is 3.82. The van der Waals surface area contributed by atoms with E-state index in [0.29, 0.717) is 25.7 Å². The molecule has 0 heterocycles. The second-order valence-corrected chi connectivity index (χ2v) is 10.2. The van der Waals surface area contributed by atoms with Gasteiger partial charge in [-0.25, -0.2) is 8.42 Å². The van der Waals surface area contributed by atoms with Crippen molar-refractivity contribution in [2.45, 2.75) is 147 Å². The van der Waals surface area contributed by atoms with Crippen LogP contribution in [0.3, 0.4) is 0 Å². The maximum atomic E-state index is 11.5. The van der Waals surface area contributed by atoms with Gasteiger partial charge in [0, 0.05) is 5.25 Å². The quantitative estimate of drug-likeness (QED) is 0.162. The van der Waals surface area contributed by atoms with E-state index in [9.17, 15) is 18.1 Å². The molecular weight excluding hydrogens is 411 g/mol. The predicted octanol–water partition coefficient (Wildman–Crippen LogP) is 3.72. The molecule has 0 aliphatic heterocycles. The van der Waals surface area contributed by atoms with E-state index in [4.69, 9.17) is 0 Å². The van der Waals surface area contributed by atoms with E-state index in [1.165, 1.54) is 57.8 Å². The molecule has 0 amide bonds. The van der Waals surface area contributed by atoms with Crippen LogP contribution in [0.2, 0.25) is 0 Å². The molecule has 2 unspecified atom stereocenters. The third-order valence-corrected chi connectivity index (χ3v) is 7.03. The van der Waals surface area contributed by atoms with E-state index < -0.39 is 15.4 Å². The molecule has 0 aromatic rings. The predicted molar refractivity (Wildman–Crippen MR) is 119 cm³/mol. The zero-order valence-corrected chi connectivity index (χ0v) is 23.6. The van der Waals surface area contributed by atoms with Crippen molar-refractivity contribution in [3.63, 3.8) is 0 Å². The number of hydrogen-bond acceptors (Lipinski definition) is 4. The summed E-state index contributed by atoms with van der Waals surface area (Å²) in [5.41, 5.74) is 0. The van der Waals surface area contributed by atoms with Gasteiger partial charge in [-0.1, -0.05) is 104 Å². The minimum absolute atomic E-state index is 0. The first kappa shape index (κ1) is 32.7. The minimum atomic E-state index is -4.23. The van der Waals surface area contributed by atoms with Gasteiger partial charge in [0.2, 0.25) is 0 Å². The Balaban J connectivity index is 0. The van der Waals surface area contributed by atoms with Gasteiger partial charge in [-0.05, 0) is 32.1 Å². The van der Waals surface area contributed by atoms with Crippen molar-refractivity contribution < 1.29 is 69.5 Å². The van der Waals surface area contributed by atoms with Crippen LogP contribution in [-0.2, 0) is 10.1 Å². The Kier molecular flexibility index (Phi) is 25.6. The first-order chi connectivity index (χ1) is 13.4. The molecule has 0 saturated heterocycles. The van der Waals surface area contributed by atoms with E-state index in [1.807, 2.05) is 0 Å². The molecule has 0 rings (SSSR count). The zero-order chi connectivity index (χ0) is 21.1. The van der Waals surface area contributed by atoms with Gasteiger partial charge in [0.25, 0.3) is 0 Å². The summed E-state index contributed by atoms with van der Waals surface area (Å²) in [6.07, 6.45) is 19.0. The van der Waals surface area contributed by atoms with Crippen LogP contribution >= 0.6 is 0 Å². The summed E-state index contributed by atoms with van der Waals surface area (Å²) in [5, 5.41) is 9.33. The van der Waals surface area contributed by atoms with Crippen LogP contribution in [0.1, 0.15) is 136 Å². The van der Waals surface area contributed by atoms with E-state index in [0.717, 1.165) is 38.5 Å². The molecule has 0 aromatic carbocycles. The van der Waals surface area contributed by atoms with E-state index in [1.54, 1.807) is 0 Å². The van der Waals surface area contributed by atoms with Gasteiger partial charge in [-0.15, -0.1) is 0 Å². The van der Waals surface area contributed by atoms with Crippen molar-refractivity contribution in [2.75, 3.05) is 0 Å². The van der Waals surface area contributed by atoms with E-state index in [2.05, 4.69) is 13.8 Å².